The molecule has 0 saturated carbocycles. The summed E-state index contributed by atoms with van der Waals surface area (Å²) in [6.07, 6.45) is 6.54. The second-order valence-electron chi connectivity index (χ2n) is 1.44. The molecule has 1 rings (SSSR count). The van der Waals surface area contributed by atoms with E-state index in [2.05, 4.69) is 23.3 Å². The van der Waals surface area contributed by atoms with E-state index in [1.165, 1.54) is 21.1 Å². The fraction of sp³-hybridized carbons (Fsp3) is 0.444. The van der Waals surface area contributed by atoms with Crippen molar-refractivity contribution in [1.29, 1.82) is 5.26 Å². The molecule has 0 bridgehead atoms. The first-order valence-corrected chi connectivity index (χ1v) is 3.92. The van der Waals surface area contributed by atoms with Gasteiger partial charge in [-0.2, -0.15) is 5.26 Å². The van der Waals surface area contributed by atoms with Crippen molar-refractivity contribution < 1.29 is 0 Å². The van der Waals surface area contributed by atoms with Crippen LogP contribution in [0.15, 0.2) is 23.8 Å². The number of nitriles is 1. The minimum Gasteiger partial charge on any atom is -0.333 e. The van der Waals surface area contributed by atoms with Gasteiger partial charge in [0, 0.05) is 12.0 Å². The van der Waals surface area contributed by atoms with E-state index in [1.54, 1.807) is 0 Å². The molecule has 0 aromatic carbocycles. The smallest absolute Gasteiger partial charge is 0.0950 e. The molecular formula is C9H20N4. The third kappa shape index (κ3) is 13.8. The average molecular weight is 184 g/mol. The van der Waals surface area contributed by atoms with Crippen LogP contribution in [0.1, 0.15) is 6.42 Å². The van der Waals surface area contributed by atoms with Gasteiger partial charge in [0.05, 0.1) is 6.07 Å². The van der Waals surface area contributed by atoms with Crippen LogP contribution in [0.4, 0.5) is 0 Å². The van der Waals surface area contributed by atoms with Crippen molar-refractivity contribution >= 4 is 0 Å². The van der Waals surface area contributed by atoms with Gasteiger partial charge in [0.25, 0.3) is 0 Å². The number of hydrogen-bond donors (Lipinski definition) is 3. The highest BCUT2D eigenvalue weighted by Gasteiger charge is 1.92. The van der Waals surface area contributed by atoms with Gasteiger partial charge in [-0.25, -0.2) is 0 Å². The Labute approximate surface area is 80.7 Å². The Morgan fingerprint density at radius 1 is 1.15 bits per heavy atom. The van der Waals surface area contributed by atoms with E-state index >= 15 is 0 Å². The third-order valence-corrected chi connectivity index (χ3v) is 0.915. The lowest BCUT2D eigenvalue weighted by atomic mass is 10.3. The summed E-state index contributed by atoms with van der Waals surface area (Å²) in [5.41, 5.74) is 14.4. The highest BCUT2D eigenvalue weighted by molar-refractivity contribution is 5.33. The molecule has 0 unspecified atom stereocenters. The predicted molar refractivity (Wildman–Crippen MR) is 57.8 cm³/mol. The summed E-state index contributed by atoms with van der Waals surface area (Å²) in [7, 11) is 4.50. The number of allylic oxidation sites excluding steroid dienone is 4. The Hall–Kier alpha value is -1.15. The largest absolute Gasteiger partial charge is 0.333 e. The van der Waals surface area contributed by atoms with E-state index in [9.17, 15) is 0 Å². The molecule has 0 aromatic heterocycles. The van der Waals surface area contributed by atoms with Crippen molar-refractivity contribution in [2.75, 3.05) is 21.1 Å². The van der Waals surface area contributed by atoms with Gasteiger partial charge in [-0.15, -0.1) is 0 Å². The molecule has 0 fully saturated rings. The van der Waals surface area contributed by atoms with E-state index in [0.717, 1.165) is 12.0 Å². The van der Waals surface area contributed by atoms with Gasteiger partial charge in [0.1, 0.15) is 0 Å². The maximum absolute atomic E-state index is 8.21. The topological polar surface area (TPSA) is 102 Å². The Morgan fingerprint density at radius 3 is 1.77 bits per heavy atom. The highest BCUT2D eigenvalue weighted by atomic mass is 14.4. The lowest BCUT2D eigenvalue weighted by Gasteiger charge is -1.75. The van der Waals surface area contributed by atoms with E-state index in [-0.39, 0.29) is 0 Å². The summed E-state index contributed by atoms with van der Waals surface area (Å²) >= 11 is 0. The molecule has 76 valence electrons. The summed E-state index contributed by atoms with van der Waals surface area (Å²) < 4.78 is 0. The number of hydrogen-bond acceptors (Lipinski definition) is 4. The second-order valence-corrected chi connectivity index (χ2v) is 1.44. The molecule has 0 aromatic rings. The molecule has 0 heterocycles. The standard InChI is InChI=1S/C6H5N.3CH5N/c7-5-6-3-1-2-4-6;3*1-2/h1-3H,4H2;3*2H2,1H3. The maximum atomic E-state index is 8.21. The van der Waals surface area contributed by atoms with Gasteiger partial charge in [0.2, 0.25) is 0 Å². The van der Waals surface area contributed by atoms with Gasteiger partial charge in [-0.05, 0) is 27.2 Å². The molecule has 0 spiro atoms. The second kappa shape index (κ2) is 22.4. The summed E-state index contributed by atoms with van der Waals surface area (Å²) in [6.45, 7) is 0. The van der Waals surface area contributed by atoms with E-state index in [1.807, 2.05) is 18.2 Å². The molecule has 6 N–H and O–H groups in total. The minimum absolute atomic E-state index is 0.830. The van der Waals surface area contributed by atoms with Crippen LogP contribution in [-0.4, -0.2) is 21.1 Å². The van der Waals surface area contributed by atoms with Crippen LogP contribution in [0.2, 0.25) is 0 Å². The van der Waals surface area contributed by atoms with Crippen molar-refractivity contribution in [3.8, 4) is 6.07 Å². The summed E-state index contributed by atoms with van der Waals surface area (Å²) in [5, 5.41) is 8.21. The quantitative estimate of drug-likeness (QED) is 0.497. The van der Waals surface area contributed by atoms with Gasteiger partial charge in [0.15, 0.2) is 0 Å². The normalized spacial score (nSPS) is 10.1. The molecule has 0 atom stereocenters. The third-order valence-electron chi connectivity index (χ3n) is 0.915. The van der Waals surface area contributed by atoms with Crippen molar-refractivity contribution in [2.24, 2.45) is 17.2 Å². The zero-order chi connectivity index (χ0) is 11.1. The van der Waals surface area contributed by atoms with Crippen molar-refractivity contribution in [1.82, 2.24) is 0 Å². The molecule has 0 radical (unpaired) electrons. The monoisotopic (exact) mass is 184 g/mol. The first-order valence-electron chi connectivity index (χ1n) is 3.92. The molecular weight excluding hydrogens is 164 g/mol. The van der Waals surface area contributed by atoms with E-state index in [0.29, 0.717) is 0 Å². The molecule has 0 amide bonds. The molecule has 0 saturated heterocycles. The molecule has 13 heavy (non-hydrogen) atoms. The predicted octanol–water partition coefficient (Wildman–Crippen LogP) is 0.121. The fourth-order valence-corrected chi connectivity index (χ4v) is 0.530. The lowest BCUT2D eigenvalue weighted by molar-refractivity contribution is 1.32. The lowest BCUT2D eigenvalue weighted by Crippen LogP contribution is -1.69. The van der Waals surface area contributed by atoms with Gasteiger partial charge in [-0.3, -0.25) is 0 Å². The average Bonchev–Trinajstić information content (AvgIpc) is 2.79. The first kappa shape index (κ1) is 17.8. The highest BCUT2D eigenvalue weighted by Crippen LogP contribution is 2.06. The Balaban J connectivity index is -0.000000144. The zero-order valence-electron chi connectivity index (χ0n) is 8.62. The van der Waals surface area contributed by atoms with Crippen molar-refractivity contribution in [3.05, 3.63) is 23.8 Å². The van der Waals surface area contributed by atoms with Crippen LogP contribution >= 0.6 is 0 Å². The molecule has 4 nitrogen and oxygen atoms in total. The first-order chi connectivity index (χ1) is 6.43. The molecule has 1 aliphatic carbocycles. The fourth-order valence-electron chi connectivity index (χ4n) is 0.530. The summed E-state index contributed by atoms with van der Waals surface area (Å²) in [5.74, 6) is 0. The molecule has 0 aliphatic heterocycles. The van der Waals surface area contributed by atoms with E-state index < -0.39 is 0 Å². The van der Waals surface area contributed by atoms with Crippen molar-refractivity contribution in [3.63, 3.8) is 0 Å². The van der Waals surface area contributed by atoms with Gasteiger partial charge >= 0.3 is 0 Å². The number of nitrogens with zero attached hydrogens (tertiary/aromatic N) is 1. The van der Waals surface area contributed by atoms with Crippen molar-refractivity contribution in [2.45, 2.75) is 6.42 Å². The van der Waals surface area contributed by atoms with Crippen LogP contribution < -0.4 is 17.2 Å². The van der Waals surface area contributed by atoms with E-state index in [4.69, 9.17) is 5.26 Å². The Morgan fingerprint density at radius 2 is 1.62 bits per heavy atom. The molecule has 1 aliphatic rings. The summed E-state index contributed by atoms with van der Waals surface area (Å²) in [4.78, 5) is 0. The van der Waals surface area contributed by atoms with Crippen LogP contribution in [0.25, 0.3) is 0 Å². The Bertz CT molecular complexity index is 165. The zero-order valence-corrected chi connectivity index (χ0v) is 8.62. The number of rotatable bonds is 0. The SMILES string of the molecule is CN.CN.CN.N#CC1=CC=CC1. The van der Waals surface area contributed by atoms with Gasteiger partial charge < -0.3 is 17.2 Å². The molecule has 4 heteroatoms. The summed E-state index contributed by atoms with van der Waals surface area (Å²) in [6, 6.07) is 2.06. The van der Waals surface area contributed by atoms with Crippen LogP contribution in [-0.2, 0) is 0 Å². The van der Waals surface area contributed by atoms with Gasteiger partial charge in [-0.1, -0.05) is 12.2 Å². The maximum Gasteiger partial charge on any atom is 0.0950 e. The van der Waals surface area contributed by atoms with Crippen LogP contribution in [0.5, 0.6) is 0 Å². The van der Waals surface area contributed by atoms with Crippen LogP contribution in [0, 0.1) is 11.3 Å². The Kier molecular flexibility index (Phi) is 30.7. The minimum atomic E-state index is 0.830. The van der Waals surface area contributed by atoms with Crippen LogP contribution in [0.3, 0.4) is 0 Å². The number of nitrogens with two attached hydrogens (primary N) is 3.